The molecule has 0 atom stereocenters. The molecule has 7 heteroatoms. The van der Waals surface area contributed by atoms with Crippen LogP contribution in [0, 0.1) is 0 Å². The number of hydrogen-bond acceptors (Lipinski definition) is 3. The Kier molecular flexibility index (Phi) is 6.50. The molecule has 1 N–H and O–H groups in total. The zero-order valence-corrected chi connectivity index (χ0v) is 17.6. The molecule has 2 aromatic rings. The Labute approximate surface area is 182 Å². The summed E-state index contributed by atoms with van der Waals surface area (Å²) in [4.78, 5) is 43.3. The number of benzene rings is 2. The lowest BCUT2D eigenvalue weighted by molar-refractivity contribution is 0.0633. The summed E-state index contributed by atoms with van der Waals surface area (Å²) in [5.41, 5.74) is 1.80. The maximum absolute atomic E-state index is 12.9. The van der Waals surface area contributed by atoms with E-state index in [1.54, 1.807) is 41.3 Å². The summed E-state index contributed by atoms with van der Waals surface area (Å²) in [7, 11) is 0. The van der Waals surface area contributed by atoms with Gasteiger partial charge in [0.25, 0.3) is 11.8 Å². The molecule has 31 heavy (non-hydrogen) atoms. The minimum Gasteiger partial charge on any atom is -0.335 e. The lowest BCUT2D eigenvalue weighted by Crippen LogP contribution is -2.54. The van der Waals surface area contributed by atoms with Crippen LogP contribution in [0.1, 0.15) is 40.0 Å². The monoisotopic (exact) mass is 420 g/mol. The fourth-order valence-electron chi connectivity index (χ4n) is 4.06. The van der Waals surface area contributed by atoms with Crippen molar-refractivity contribution in [1.82, 2.24) is 14.7 Å². The summed E-state index contributed by atoms with van der Waals surface area (Å²) in [5, 5.41) is 2.84. The van der Waals surface area contributed by atoms with Gasteiger partial charge < -0.3 is 20.0 Å². The first-order chi connectivity index (χ1) is 15.1. The van der Waals surface area contributed by atoms with Crippen LogP contribution >= 0.6 is 0 Å². The van der Waals surface area contributed by atoms with Crippen LogP contribution < -0.4 is 5.32 Å². The lowest BCUT2D eigenvalue weighted by atomic mass is 10.1. The average Bonchev–Trinajstić information content (AvgIpc) is 2.85. The maximum atomic E-state index is 12.9. The fraction of sp³-hybridized carbons (Fsp3) is 0.375. The van der Waals surface area contributed by atoms with Crippen molar-refractivity contribution in [3.8, 4) is 0 Å². The third-order valence-corrected chi connectivity index (χ3v) is 5.89. The molecule has 0 radical (unpaired) electrons. The predicted octanol–water partition coefficient (Wildman–Crippen LogP) is 3.30. The van der Waals surface area contributed by atoms with E-state index in [-0.39, 0.29) is 17.8 Å². The normalized spacial score (nSPS) is 16.7. The van der Waals surface area contributed by atoms with Gasteiger partial charge in [0.2, 0.25) is 0 Å². The first kappa shape index (κ1) is 20.9. The highest BCUT2D eigenvalue weighted by Gasteiger charge is 2.28. The molecule has 0 aromatic heterocycles. The number of likely N-dealkylation sites (tertiary alicyclic amines) is 1. The highest BCUT2D eigenvalue weighted by molar-refractivity contribution is 6.04. The number of hydrogen-bond donors (Lipinski definition) is 1. The van der Waals surface area contributed by atoms with Gasteiger partial charge in [0.1, 0.15) is 0 Å². The van der Waals surface area contributed by atoms with Crippen molar-refractivity contribution >= 4 is 23.5 Å². The molecule has 4 amide bonds. The van der Waals surface area contributed by atoms with E-state index in [2.05, 4.69) is 5.32 Å². The fourth-order valence-corrected chi connectivity index (χ4v) is 4.06. The minimum atomic E-state index is -0.186. The van der Waals surface area contributed by atoms with E-state index in [4.69, 9.17) is 0 Å². The number of anilines is 1. The highest BCUT2D eigenvalue weighted by Crippen LogP contribution is 2.16. The standard InChI is InChI=1S/C24H28N4O3/c29-22(19-7-3-1-4-8-19)25-21-11-9-20(10-12-21)23(30)26-15-17-28(18-16-26)24(31)27-13-5-2-6-14-27/h1,3-4,7-12H,2,5-6,13-18H2,(H,25,29). The van der Waals surface area contributed by atoms with E-state index < -0.39 is 0 Å². The Morgan fingerprint density at radius 3 is 1.84 bits per heavy atom. The van der Waals surface area contributed by atoms with Crippen LogP contribution in [0.2, 0.25) is 0 Å². The number of urea groups is 1. The van der Waals surface area contributed by atoms with E-state index >= 15 is 0 Å². The molecule has 0 bridgehead atoms. The molecule has 2 fully saturated rings. The average molecular weight is 421 g/mol. The van der Waals surface area contributed by atoms with Crippen molar-refractivity contribution in [3.63, 3.8) is 0 Å². The third kappa shape index (κ3) is 5.05. The summed E-state index contributed by atoms with van der Waals surface area (Å²) in [6.07, 6.45) is 3.35. The molecule has 2 aliphatic heterocycles. The molecule has 0 unspecified atom stereocenters. The molecule has 0 aliphatic carbocycles. The van der Waals surface area contributed by atoms with Crippen LogP contribution in [0.5, 0.6) is 0 Å². The quantitative estimate of drug-likeness (QED) is 0.828. The molecule has 4 rings (SSSR count). The van der Waals surface area contributed by atoms with Crippen LogP contribution in [0.3, 0.4) is 0 Å². The van der Waals surface area contributed by atoms with E-state index in [1.165, 1.54) is 6.42 Å². The Balaban J connectivity index is 1.30. The van der Waals surface area contributed by atoms with Crippen LogP contribution in [-0.2, 0) is 0 Å². The molecule has 162 valence electrons. The number of nitrogens with zero attached hydrogens (tertiary/aromatic N) is 3. The smallest absolute Gasteiger partial charge is 0.320 e. The molecular formula is C24H28N4O3. The van der Waals surface area contributed by atoms with E-state index in [0.717, 1.165) is 25.9 Å². The third-order valence-electron chi connectivity index (χ3n) is 5.89. The van der Waals surface area contributed by atoms with Gasteiger partial charge in [0, 0.05) is 56.1 Å². The Morgan fingerprint density at radius 2 is 1.19 bits per heavy atom. The number of rotatable bonds is 3. The predicted molar refractivity (Wildman–Crippen MR) is 119 cm³/mol. The van der Waals surface area contributed by atoms with Crippen molar-refractivity contribution in [3.05, 3.63) is 65.7 Å². The van der Waals surface area contributed by atoms with Crippen LogP contribution in [0.4, 0.5) is 10.5 Å². The zero-order valence-electron chi connectivity index (χ0n) is 17.6. The SMILES string of the molecule is O=C(Nc1ccc(C(=O)N2CCN(C(=O)N3CCCCC3)CC2)cc1)c1ccccc1. The van der Waals surface area contributed by atoms with Gasteiger partial charge in [0.15, 0.2) is 0 Å². The van der Waals surface area contributed by atoms with Crippen molar-refractivity contribution in [2.75, 3.05) is 44.6 Å². The first-order valence-corrected chi connectivity index (χ1v) is 10.9. The van der Waals surface area contributed by atoms with Gasteiger partial charge in [-0.15, -0.1) is 0 Å². The molecule has 2 aliphatic rings. The van der Waals surface area contributed by atoms with E-state index in [1.807, 2.05) is 28.0 Å². The number of nitrogens with one attached hydrogen (secondary N) is 1. The van der Waals surface area contributed by atoms with Gasteiger partial charge >= 0.3 is 6.03 Å². The second kappa shape index (κ2) is 9.64. The van der Waals surface area contributed by atoms with Crippen molar-refractivity contribution in [1.29, 1.82) is 0 Å². The van der Waals surface area contributed by atoms with Crippen LogP contribution in [-0.4, -0.2) is 71.8 Å². The summed E-state index contributed by atoms with van der Waals surface area (Å²) in [6, 6.07) is 16.0. The highest BCUT2D eigenvalue weighted by atomic mass is 16.2. The second-order valence-electron chi connectivity index (χ2n) is 8.01. The number of amides is 4. The zero-order chi connectivity index (χ0) is 21.6. The van der Waals surface area contributed by atoms with E-state index in [0.29, 0.717) is 43.0 Å². The van der Waals surface area contributed by atoms with Gasteiger partial charge in [-0.3, -0.25) is 9.59 Å². The summed E-state index contributed by atoms with van der Waals surface area (Å²) in [6.45, 7) is 3.87. The number of piperidine rings is 1. The molecule has 7 nitrogen and oxygen atoms in total. The van der Waals surface area contributed by atoms with Crippen LogP contribution in [0.15, 0.2) is 54.6 Å². The Morgan fingerprint density at radius 1 is 0.613 bits per heavy atom. The molecule has 0 spiro atoms. The molecule has 2 aromatic carbocycles. The van der Waals surface area contributed by atoms with Crippen molar-refractivity contribution in [2.45, 2.75) is 19.3 Å². The van der Waals surface area contributed by atoms with Gasteiger partial charge in [-0.1, -0.05) is 18.2 Å². The van der Waals surface area contributed by atoms with Crippen LogP contribution in [0.25, 0.3) is 0 Å². The van der Waals surface area contributed by atoms with Gasteiger partial charge in [-0.05, 0) is 55.7 Å². The number of carbonyl (C=O) groups excluding carboxylic acids is 3. The maximum Gasteiger partial charge on any atom is 0.320 e. The largest absolute Gasteiger partial charge is 0.335 e. The topological polar surface area (TPSA) is 73.0 Å². The first-order valence-electron chi connectivity index (χ1n) is 10.9. The van der Waals surface area contributed by atoms with Gasteiger partial charge in [-0.25, -0.2) is 4.79 Å². The van der Waals surface area contributed by atoms with Gasteiger partial charge in [0.05, 0.1) is 0 Å². The van der Waals surface area contributed by atoms with Crippen molar-refractivity contribution < 1.29 is 14.4 Å². The molecular weight excluding hydrogens is 392 g/mol. The lowest BCUT2D eigenvalue weighted by Gasteiger charge is -2.38. The summed E-state index contributed by atoms with van der Waals surface area (Å²) < 4.78 is 0. The summed E-state index contributed by atoms with van der Waals surface area (Å²) in [5.74, 6) is -0.236. The van der Waals surface area contributed by atoms with Crippen molar-refractivity contribution in [2.24, 2.45) is 0 Å². The molecule has 2 saturated heterocycles. The molecule has 0 saturated carbocycles. The Hall–Kier alpha value is -3.35. The molecule has 2 heterocycles. The van der Waals surface area contributed by atoms with Gasteiger partial charge in [-0.2, -0.15) is 0 Å². The second-order valence-corrected chi connectivity index (χ2v) is 8.01. The summed E-state index contributed by atoms with van der Waals surface area (Å²) >= 11 is 0. The Bertz CT molecular complexity index is 916. The number of carbonyl (C=O) groups is 3. The number of piperazine rings is 1. The minimum absolute atomic E-state index is 0.0500. The van der Waals surface area contributed by atoms with E-state index in [9.17, 15) is 14.4 Å².